The zero-order chi connectivity index (χ0) is 17.9. The summed E-state index contributed by atoms with van der Waals surface area (Å²) in [5, 5.41) is 3.74. The lowest BCUT2D eigenvalue weighted by Crippen LogP contribution is -3.11. The van der Waals surface area contributed by atoms with Crippen molar-refractivity contribution in [3.63, 3.8) is 0 Å². The average Bonchev–Trinajstić information content (AvgIpc) is 2.58. The van der Waals surface area contributed by atoms with Gasteiger partial charge < -0.3 is 10.2 Å². The van der Waals surface area contributed by atoms with Crippen LogP contribution in [0, 0.1) is 23.2 Å². The molecule has 0 heterocycles. The Morgan fingerprint density at radius 2 is 1.60 bits per heavy atom. The maximum atomic E-state index is 12.8. The molecule has 1 amide bonds. The van der Waals surface area contributed by atoms with Crippen LogP contribution in [-0.2, 0) is 4.79 Å². The van der Waals surface area contributed by atoms with Crippen molar-refractivity contribution < 1.29 is 9.69 Å². The van der Waals surface area contributed by atoms with Crippen molar-refractivity contribution in [3.8, 4) is 0 Å². The Morgan fingerprint density at radius 3 is 2.12 bits per heavy atom. The summed E-state index contributed by atoms with van der Waals surface area (Å²) in [6, 6.07) is 0. The molecule has 6 heteroatoms. The van der Waals surface area contributed by atoms with Crippen molar-refractivity contribution in [2.75, 3.05) is 26.2 Å². The molecule has 4 saturated carbocycles. The molecule has 5 nitrogen and oxygen atoms in total. The number of hydrogen-bond donors (Lipinski definition) is 4. The third kappa shape index (κ3) is 4.45. The van der Waals surface area contributed by atoms with Gasteiger partial charge in [0.25, 0.3) is 0 Å². The molecule has 0 radical (unpaired) electrons. The highest BCUT2D eigenvalue weighted by Gasteiger charge is 2.54. The molecule has 4 N–H and O–H groups in total. The average molecular weight is 368 g/mol. The van der Waals surface area contributed by atoms with E-state index in [2.05, 4.69) is 30.0 Å². The first kappa shape index (κ1) is 18.9. The molecule has 142 valence electrons. The minimum Gasteiger partial charge on any atom is -0.361 e. The molecule has 4 aliphatic carbocycles. The molecular formula is C19H35N4OS+. The Kier molecular flexibility index (Phi) is 6.21. The number of amides is 1. The summed E-state index contributed by atoms with van der Waals surface area (Å²) in [5.41, 5.74) is 5.73. The summed E-state index contributed by atoms with van der Waals surface area (Å²) in [7, 11) is 0. The zero-order valence-corrected chi connectivity index (χ0v) is 16.6. The molecule has 4 fully saturated rings. The number of rotatable bonds is 7. The van der Waals surface area contributed by atoms with Crippen LogP contribution < -0.4 is 21.1 Å². The van der Waals surface area contributed by atoms with Crippen molar-refractivity contribution in [2.24, 2.45) is 23.2 Å². The van der Waals surface area contributed by atoms with Crippen LogP contribution in [0.15, 0.2) is 0 Å². The largest absolute Gasteiger partial charge is 0.361 e. The van der Waals surface area contributed by atoms with Crippen LogP contribution in [-0.4, -0.2) is 37.2 Å². The van der Waals surface area contributed by atoms with E-state index in [0.717, 1.165) is 56.5 Å². The molecule has 4 rings (SSSR count). The molecule has 25 heavy (non-hydrogen) atoms. The SMILES string of the molecule is CC[NH+](CC)CCCNC(=S)NNC(=O)C12CC3CC(CC(C3)C1)C2. The lowest BCUT2D eigenvalue weighted by Gasteiger charge is -2.55. The van der Waals surface area contributed by atoms with Crippen molar-refractivity contribution in [3.05, 3.63) is 0 Å². The molecule has 0 atom stereocenters. The fourth-order valence-corrected chi connectivity index (χ4v) is 5.98. The Bertz CT molecular complexity index is 457. The van der Waals surface area contributed by atoms with Crippen LogP contribution in [0.4, 0.5) is 0 Å². The summed E-state index contributed by atoms with van der Waals surface area (Å²) >= 11 is 5.31. The van der Waals surface area contributed by atoms with Gasteiger partial charge in [0.2, 0.25) is 5.91 Å². The molecule has 0 saturated heterocycles. The highest BCUT2D eigenvalue weighted by atomic mass is 32.1. The van der Waals surface area contributed by atoms with Gasteiger partial charge in [-0.25, -0.2) is 0 Å². The predicted octanol–water partition coefficient (Wildman–Crippen LogP) is 1.01. The van der Waals surface area contributed by atoms with Gasteiger partial charge in [-0.3, -0.25) is 15.6 Å². The second-order valence-electron chi connectivity index (χ2n) is 8.59. The number of hydrogen-bond acceptors (Lipinski definition) is 2. The predicted molar refractivity (Wildman–Crippen MR) is 104 cm³/mol. The first-order valence-corrected chi connectivity index (χ1v) is 10.6. The maximum absolute atomic E-state index is 12.8. The van der Waals surface area contributed by atoms with E-state index in [1.54, 1.807) is 4.90 Å². The van der Waals surface area contributed by atoms with Crippen LogP contribution in [0.25, 0.3) is 0 Å². The smallest absolute Gasteiger partial charge is 0.244 e. The van der Waals surface area contributed by atoms with E-state index in [1.165, 1.54) is 32.4 Å². The minimum atomic E-state index is -0.122. The highest BCUT2D eigenvalue weighted by Crippen LogP contribution is 2.59. The van der Waals surface area contributed by atoms with E-state index in [9.17, 15) is 4.79 Å². The first-order valence-electron chi connectivity index (χ1n) is 10.2. The summed E-state index contributed by atoms with van der Waals surface area (Å²) in [6.45, 7) is 8.78. The van der Waals surface area contributed by atoms with Crippen LogP contribution in [0.3, 0.4) is 0 Å². The second-order valence-corrected chi connectivity index (χ2v) is 9.00. The molecule has 0 aromatic heterocycles. The molecule has 0 unspecified atom stereocenters. The van der Waals surface area contributed by atoms with Crippen molar-refractivity contribution >= 4 is 23.2 Å². The zero-order valence-electron chi connectivity index (χ0n) is 15.8. The molecule has 0 spiro atoms. The molecule has 0 aliphatic heterocycles. The van der Waals surface area contributed by atoms with Crippen LogP contribution >= 0.6 is 12.2 Å². The van der Waals surface area contributed by atoms with Gasteiger partial charge in [0.15, 0.2) is 5.11 Å². The number of hydrazine groups is 1. The summed E-state index contributed by atoms with van der Waals surface area (Å²) < 4.78 is 0. The highest BCUT2D eigenvalue weighted by molar-refractivity contribution is 7.80. The van der Waals surface area contributed by atoms with Crippen molar-refractivity contribution in [2.45, 2.75) is 58.8 Å². The standard InChI is InChI=1S/C19H34N4OS/c1-3-23(4-2)7-5-6-20-18(25)22-21-17(24)19-11-14-8-15(12-19)10-16(9-14)13-19/h14-16H,3-13H2,1-2H3,(H,21,24)(H2,20,22,25)/p+1. The fraction of sp³-hybridized carbons (Fsp3) is 0.895. The quantitative estimate of drug-likeness (QED) is 0.308. The Morgan fingerprint density at radius 1 is 1.04 bits per heavy atom. The number of nitrogens with one attached hydrogen (secondary N) is 4. The molecule has 0 aromatic carbocycles. The van der Waals surface area contributed by atoms with Crippen LogP contribution in [0.1, 0.15) is 58.8 Å². The molecule has 4 aliphatic rings. The van der Waals surface area contributed by atoms with Crippen molar-refractivity contribution in [1.29, 1.82) is 0 Å². The molecule has 4 bridgehead atoms. The fourth-order valence-electron chi connectivity index (χ4n) is 5.82. The van der Waals surface area contributed by atoms with Gasteiger partial charge in [0.05, 0.1) is 25.0 Å². The molecular weight excluding hydrogens is 332 g/mol. The third-order valence-electron chi connectivity index (χ3n) is 6.80. The van der Waals surface area contributed by atoms with Gasteiger partial charge in [-0.05, 0) is 82.3 Å². The molecule has 0 aromatic rings. The van der Waals surface area contributed by atoms with Gasteiger partial charge in [-0.15, -0.1) is 0 Å². The van der Waals surface area contributed by atoms with Crippen LogP contribution in [0.5, 0.6) is 0 Å². The summed E-state index contributed by atoms with van der Waals surface area (Å²) in [4.78, 5) is 14.4. The topological polar surface area (TPSA) is 57.6 Å². The normalized spacial score (nSPS) is 32.7. The van der Waals surface area contributed by atoms with Gasteiger partial charge in [0.1, 0.15) is 0 Å². The number of carbonyl (C=O) groups is 1. The van der Waals surface area contributed by atoms with E-state index in [1.807, 2.05) is 0 Å². The number of carbonyl (C=O) groups excluding carboxylic acids is 1. The van der Waals surface area contributed by atoms with E-state index < -0.39 is 0 Å². The van der Waals surface area contributed by atoms with Gasteiger partial charge >= 0.3 is 0 Å². The van der Waals surface area contributed by atoms with Gasteiger partial charge in [0, 0.05) is 13.0 Å². The van der Waals surface area contributed by atoms with Crippen LogP contribution in [0.2, 0.25) is 0 Å². The van der Waals surface area contributed by atoms with Gasteiger partial charge in [-0.1, -0.05) is 0 Å². The lowest BCUT2D eigenvalue weighted by atomic mass is 9.49. The van der Waals surface area contributed by atoms with Crippen molar-refractivity contribution in [1.82, 2.24) is 16.2 Å². The van der Waals surface area contributed by atoms with E-state index in [-0.39, 0.29) is 11.3 Å². The summed E-state index contributed by atoms with van der Waals surface area (Å²) in [5.74, 6) is 2.52. The maximum Gasteiger partial charge on any atom is 0.244 e. The number of thiocarbonyl (C=S) groups is 1. The Labute approximate surface area is 157 Å². The number of quaternary nitrogens is 1. The monoisotopic (exact) mass is 367 g/mol. The van der Waals surface area contributed by atoms with E-state index in [0.29, 0.717) is 5.11 Å². The summed E-state index contributed by atoms with van der Waals surface area (Å²) in [6.07, 6.45) is 8.40. The van der Waals surface area contributed by atoms with Gasteiger partial charge in [-0.2, -0.15) is 0 Å². The lowest BCUT2D eigenvalue weighted by molar-refractivity contribution is -0.896. The Hall–Kier alpha value is -0.880. The first-order chi connectivity index (χ1) is 12.0. The minimum absolute atomic E-state index is 0.122. The second kappa shape index (κ2) is 8.21. The third-order valence-corrected chi connectivity index (χ3v) is 7.05. The Balaban J connectivity index is 1.37. The van der Waals surface area contributed by atoms with E-state index >= 15 is 0 Å². The van der Waals surface area contributed by atoms with E-state index in [4.69, 9.17) is 12.2 Å².